The number of nitriles is 1. The maximum atomic E-state index is 11.8. The fraction of sp³-hybridized carbons (Fsp3) is 0.0500. The van der Waals surface area contributed by atoms with Crippen LogP contribution >= 0.6 is 22.9 Å². The molecule has 26 heavy (non-hydrogen) atoms. The first-order chi connectivity index (χ1) is 12.7. The number of carbonyl (C=O) groups excluding carboxylic acids is 1. The molecule has 2 aromatic carbocycles. The maximum Gasteiger partial charge on any atom is 0.331 e. The third-order valence-electron chi connectivity index (χ3n) is 3.47. The molecule has 1 aromatic heterocycles. The second kappa shape index (κ2) is 8.43. The topological polar surface area (TPSA) is 63.0 Å². The highest BCUT2D eigenvalue weighted by molar-refractivity contribution is 7.13. The van der Waals surface area contributed by atoms with Crippen molar-refractivity contribution in [1.82, 2.24) is 4.98 Å². The molecule has 0 saturated carbocycles. The van der Waals surface area contributed by atoms with E-state index in [1.165, 1.54) is 17.4 Å². The second-order valence-corrected chi connectivity index (χ2v) is 6.56. The van der Waals surface area contributed by atoms with E-state index in [1.807, 2.05) is 35.7 Å². The van der Waals surface area contributed by atoms with E-state index in [1.54, 1.807) is 30.3 Å². The molecule has 128 valence electrons. The van der Waals surface area contributed by atoms with Gasteiger partial charge in [0.1, 0.15) is 11.6 Å². The number of rotatable bonds is 5. The Hall–Kier alpha value is -2.94. The maximum absolute atomic E-state index is 11.8. The number of benzene rings is 2. The Morgan fingerprint density at radius 1 is 1.23 bits per heavy atom. The lowest BCUT2D eigenvalue weighted by atomic mass is 10.1. The van der Waals surface area contributed by atoms with E-state index in [9.17, 15) is 4.79 Å². The van der Waals surface area contributed by atoms with Crippen LogP contribution in [0, 0.1) is 11.3 Å². The van der Waals surface area contributed by atoms with Crippen molar-refractivity contribution in [2.75, 3.05) is 0 Å². The number of carbonyl (C=O) groups is 1. The summed E-state index contributed by atoms with van der Waals surface area (Å²) in [5.41, 5.74) is 2.92. The fourth-order valence-corrected chi connectivity index (χ4v) is 3.28. The van der Waals surface area contributed by atoms with E-state index in [0.29, 0.717) is 16.3 Å². The molecule has 0 radical (unpaired) electrons. The van der Waals surface area contributed by atoms with Gasteiger partial charge in [-0.25, -0.2) is 9.78 Å². The monoisotopic (exact) mass is 380 g/mol. The number of ether oxygens (including phenoxy) is 1. The molecule has 0 amide bonds. The van der Waals surface area contributed by atoms with Gasteiger partial charge in [-0.15, -0.1) is 11.3 Å². The standard InChI is InChI=1S/C20H13ClN2O2S/c21-18-4-2-1-3-17(18)20-23-16(13-26-20)12-25-19(24)10-9-14-5-7-15(11-22)8-6-14/h1-10,13H,12H2/b10-9+. The largest absolute Gasteiger partial charge is 0.456 e. The average molecular weight is 381 g/mol. The summed E-state index contributed by atoms with van der Waals surface area (Å²) in [6.07, 6.45) is 2.99. The van der Waals surface area contributed by atoms with Crippen molar-refractivity contribution >= 4 is 35.0 Å². The molecule has 6 heteroatoms. The first kappa shape index (κ1) is 17.9. The van der Waals surface area contributed by atoms with Gasteiger partial charge in [-0.1, -0.05) is 41.9 Å². The van der Waals surface area contributed by atoms with Crippen molar-refractivity contribution in [3.63, 3.8) is 0 Å². The highest BCUT2D eigenvalue weighted by atomic mass is 35.5. The van der Waals surface area contributed by atoms with Crippen molar-refractivity contribution < 1.29 is 9.53 Å². The van der Waals surface area contributed by atoms with Crippen molar-refractivity contribution in [2.24, 2.45) is 0 Å². The second-order valence-electron chi connectivity index (χ2n) is 5.30. The Bertz CT molecular complexity index is 988. The minimum absolute atomic E-state index is 0.0947. The summed E-state index contributed by atoms with van der Waals surface area (Å²) in [5, 5.41) is 12.0. The predicted molar refractivity (Wildman–Crippen MR) is 103 cm³/mol. The summed E-state index contributed by atoms with van der Waals surface area (Å²) in [4.78, 5) is 16.3. The van der Waals surface area contributed by atoms with E-state index in [0.717, 1.165) is 16.1 Å². The molecule has 0 aliphatic rings. The van der Waals surface area contributed by atoms with E-state index in [2.05, 4.69) is 4.98 Å². The normalized spacial score (nSPS) is 10.6. The summed E-state index contributed by atoms with van der Waals surface area (Å²) in [7, 11) is 0. The van der Waals surface area contributed by atoms with Gasteiger partial charge in [-0.3, -0.25) is 0 Å². The van der Waals surface area contributed by atoms with Gasteiger partial charge >= 0.3 is 5.97 Å². The van der Waals surface area contributed by atoms with E-state index in [-0.39, 0.29) is 6.61 Å². The number of hydrogen-bond donors (Lipinski definition) is 0. The Morgan fingerprint density at radius 3 is 2.73 bits per heavy atom. The number of nitrogens with zero attached hydrogens (tertiary/aromatic N) is 2. The third-order valence-corrected chi connectivity index (χ3v) is 4.72. The Kier molecular flexibility index (Phi) is 5.80. The highest BCUT2D eigenvalue weighted by Crippen LogP contribution is 2.30. The zero-order valence-corrected chi connectivity index (χ0v) is 15.1. The van der Waals surface area contributed by atoms with Gasteiger partial charge in [0.25, 0.3) is 0 Å². The molecule has 1 heterocycles. The smallest absolute Gasteiger partial charge is 0.331 e. The molecule has 0 saturated heterocycles. The molecule has 0 spiro atoms. The zero-order chi connectivity index (χ0) is 18.4. The molecule has 0 N–H and O–H groups in total. The van der Waals surface area contributed by atoms with Crippen LogP contribution in [0.3, 0.4) is 0 Å². The number of halogens is 1. The van der Waals surface area contributed by atoms with Crippen LogP contribution in [0.25, 0.3) is 16.6 Å². The van der Waals surface area contributed by atoms with Crippen molar-refractivity contribution in [3.8, 4) is 16.6 Å². The quantitative estimate of drug-likeness (QED) is 0.456. The van der Waals surface area contributed by atoms with Gasteiger partial charge in [-0.05, 0) is 29.8 Å². The lowest BCUT2D eigenvalue weighted by Crippen LogP contribution is -2.01. The summed E-state index contributed by atoms with van der Waals surface area (Å²) in [5.74, 6) is -0.457. The molecule has 4 nitrogen and oxygen atoms in total. The van der Waals surface area contributed by atoms with Crippen LogP contribution in [0.1, 0.15) is 16.8 Å². The summed E-state index contributed by atoms with van der Waals surface area (Å²) >= 11 is 7.62. The van der Waals surface area contributed by atoms with Gasteiger partial charge in [0, 0.05) is 17.0 Å². The minimum Gasteiger partial charge on any atom is -0.456 e. The van der Waals surface area contributed by atoms with Gasteiger partial charge < -0.3 is 4.74 Å². The molecule has 0 aliphatic carbocycles. The zero-order valence-electron chi connectivity index (χ0n) is 13.6. The molecule has 0 unspecified atom stereocenters. The fourth-order valence-electron chi connectivity index (χ4n) is 2.16. The minimum atomic E-state index is -0.457. The molecule has 0 fully saturated rings. The average Bonchev–Trinajstić information content (AvgIpc) is 3.14. The molecular weight excluding hydrogens is 368 g/mol. The van der Waals surface area contributed by atoms with Gasteiger partial charge in [0.05, 0.1) is 22.3 Å². The molecular formula is C20H13ClN2O2S. The van der Waals surface area contributed by atoms with Crippen LogP contribution in [-0.4, -0.2) is 11.0 Å². The van der Waals surface area contributed by atoms with Crippen LogP contribution in [0.5, 0.6) is 0 Å². The summed E-state index contributed by atoms with van der Waals surface area (Å²) in [6, 6.07) is 16.4. The highest BCUT2D eigenvalue weighted by Gasteiger charge is 2.09. The molecule has 3 rings (SSSR count). The Labute approximate surface area is 160 Å². The lowest BCUT2D eigenvalue weighted by molar-refractivity contribution is -0.139. The Balaban J connectivity index is 1.57. The number of thiazole rings is 1. The first-order valence-corrected chi connectivity index (χ1v) is 8.96. The number of esters is 1. The summed E-state index contributed by atoms with van der Waals surface area (Å²) < 4.78 is 5.21. The van der Waals surface area contributed by atoms with Crippen LogP contribution in [0.15, 0.2) is 60.0 Å². The molecule has 3 aromatic rings. The predicted octanol–water partition coefficient (Wildman–Crippen LogP) is 5.09. The molecule has 0 atom stereocenters. The van der Waals surface area contributed by atoms with Crippen molar-refractivity contribution in [2.45, 2.75) is 6.61 Å². The lowest BCUT2D eigenvalue weighted by Gasteiger charge is -2.00. The van der Waals surface area contributed by atoms with Crippen LogP contribution in [0.4, 0.5) is 0 Å². The number of aromatic nitrogens is 1. The van der Waals surface area contributed by atoms with E-state index in [4.69, 9.17) is 21.6 Å². The molecule has 0 bridgehead atoms. The van der Waals surface area contributed by atoms with Crippen LogP contribution < -0.4 is 0 Å². The van der Waals surface area contributed by atoms with Crippen molar-refractivity contribution in [3.05, 3.63) is 81.8 Å². The van der Waals surface area contributed by atoms with Gasteiger partial charge in [-0.2, -0.15) is 5.26 Å². The van der Waals surface area contributed by atoms with Gasteiger partial charge in [0.2, 0.25) is 0 Å². The van der Waals surface area contributed by atoms with E-state index >= 15 is 0 Å². The SMILES string of the molecule is N#Cc1ccc(/C=C/C(=O)OCc2csc(-c3ccccc3Cl)n2)cc1. The Morgan fingerprint density at radius 2 is 2.00 bits per heavy atom. The molecule has 0 aliphatic heterocycles. The van der Waals surface area contributed by atoms with E-state index < -0.39 is 5.97 Å². The number of hydrogen-bond acceptors (Lipinski definition) is 5. The van der Waals surface area contributed by atoms with Crippen LogP contribution in [0.2, 0.25) is 5.02 Å². The van der Waals surface area contributed by atoms with Crippen LogP contribution in [-0.2, 0) is 16.1 Å². The summed E-state index contributed by atoms with van der Waals surface area (Å²) in [6.45, 7) is 0.0947. The first-order valence-electron chi connectivity index (χ1n) is 7.70. The third kappa shape index (κ3) is 4.57. The van der Waals surface area contributed by atoms with Gasteiger partial charge in [0.15, 0.2) is 0 Å². The van der Waals surface area contributed by atoms with Crippen molar-refractivity contribution in [1.29, 1.82) is 5.26 Å².